The average molecular weight is 238 g/mol. The van der Waals surface area contributed by atoms with Crippen molar-refractivity contribution in [2.75, 3.05) is 0 Å². The number of hydrogen-bond acceptors (Lipinski definition) is 1. The summed E-state index contributed by atoms with van der Waals surface area (Å²) < 4.78 is 9.02. The summed E-state index contributed by atoms with van der Waals surface area (Å²) in [6.07, 6.45) is 0. The van der Waals surface area contributed by atoms with Gasteiger partial charge in [0.25, 0.3) is 0 Å². The zero-order valence-electron chi connectivity index (χ0n) is 2.99. The Morgan fingerprint density at radius 2 is 2.14 bits per heavy atom. The normalized spacial score (nSPS) is 18.1. The minimum atomic E-state index is -2.64. The fourth-order valence-corrected chi connectivity index (χ4v) is 0. The van der Waals surface area contributed by atoms with Crippen LogP contribution in [0.4, 0.5) is 4.39 Å². The Balaban J connectivity index is 3.79. The topological polar surface area (TPSA) is 37.3 Å². The van der Waals surface area contributed by atoms with Crippen molar-refractivity contribution in [2.24, 2.45) is 0 Å². The van der Waals surface area contributed by atoms with Crippen molar-refractivity contribution < 1.29 is 14.3 Å². The van der Waals surface area contributed by atoms with Crippen molar-refractivity contribution in [3.8, 4) is 0 Å². The van der Waals surface area contributed by atoms with Gasteiger partial charge in [0.15, 0.2) is 0 Å². The van der Waals surface area contributed by atoms with Crippen molar-refractivity contribution >= 4 is 40.2 Å². The third-order valence-electron chi connectivity index (χ3n) is 0.243. The first-order valence-corrected chi connectivity index (χ1v) is 2.70. The van der Waals surface area contributed by atoms with E-state index in [9.17, 15) is 9.18 Å². The van der Waals surface area contributed by atoms with E-state index >= 15 is 0 Å². The molecule has 0 amide bonds. The van der Waals surface area contributed by atoms with Crippen LogP contribution in [0.25, 0.3) is 0 Å². The molecule has 0 rings (SSSR count). The second kappa shape index (κ2) is 2.13. The highest BCUT2D eigenvalue weighted by atomic mass is 127. The van der Waals surface area contributed by atoms with Gasteiger partial charge < -0.3 is 5.11 Å². The number of aliphatic carboxylic acids is 1. The van der Waals surface area contributed by atoms with E-state index in [1.807, 2.05) is 0 Å². The molecule has 0 radical (unpaired) electrons. The molecule has 0 aromatic heterocycles. The van der Waals surface area contributed by atoms with Gasteiger partial charge >= 0.3 is 9.10 Å². The van der Waals surface area contributed by atoms with E-state index in [-0.39, 0.29) is 0 Å². The SMILES string of the molecule is O=C(O)[C@](F)(Cl)I. The zero-order chi connectivity index (χ0) is 6.08. The lowest BCUT2D eigenvalue weighted by molar-refractivity contribution is -0.140. The highest BCUT2D eigenvalue weighted by molar-refractivity contribution is 14.1. The van der Waals surface area contributed by atoms with Gasteiger partial charge in [-0.3, -0.25) is 0 Å². The van der Waals surface area contributed by atoms with Crippen molar-refractivity contribution in [3.63, 3.8) is 0 Å². The molecule has 7 heavy (non-hydrogen) atoms. The summed E-state index contributed by atoms with van der Waals surface area (Å²) in [7, 11) is 0. The molecule has 0 spiro atoms. The highest BCUT2D eigenvalue weighted by Crippen LogP contribution is 2.25. The Morgan fingerprint density at radius 1 is 2.00 bits per heavy atom. The van der Waals surface area contributed by atoms with E-state index in [0.29, 0.717) is 0 Å². The third kappa shape index (κ3) is 3.04. The van der Waals surface area contributed by atoms with Crippen LogP contribution >= 0.6 is 34.2 Å². The minimum absolute atomic E-state index is 0.966. The third-order valence-corrected chi connectivity index (χ3v) is 0.866. The second-order valence-corrected chi connectivity index (χ2v) is 3.45. The number of rotatable bonds is 1. The predicted molar refractivity (Wildman–Crippen MR) is 31.3 cm³/mol. The van der Waals surface area contributed by atoms with Gasteiger partial charge in [-0.05, 0) is 22.6 Å². The molecule has 0 unspecified atom stereocenters. The summed E-state index contributed by atoms with van der Waals surface area (Å²) in [5.74, 6) is -1.67. The first-order chi connectivity index (χ1) is 2.94. The van der Waals surface area contributed by atoms with E-state index in [4.69, 9.17) is 5.11 Å². The summed E-state index contributed by atoms with van der Waals surface area (Å²) in [5.41, 5.74) is 0. The maximum atomic E-state index is 11.7. The molecule has 0 heterocycles. The average Bonchev–Trinajstić information content (AvgIpc) is 1.31. The number of halogens is 3. The summed E-state index contributed by atoms with van der Waals surface area (Å²) in [6, 6.07) is 0. The molecule has 1 atom stereocenters. The first-order valence-electron chi connectivity index (χ1n) is 1.24. The molecule has 0 aromatic carbocycles. The quantitative estimate of drug-likeness (QED) is 0.553. The Morgan fingerprint density at radius 3 is 2.14 bits per heavy atom. The molecule has 0 fully saturated rings. The van der Waals surface area contributed by atoms with Gasteiger partial charge in [-0.15, -0.1) is 0 Å². The van der Waals surface area contributed by atoms with Crippen molar-refractivity contribution in [3.05, 3.63) is 0 Å². The predicted octanol–water partition coefficient (Wildman–Crippen LogP) is 1.37. The molecule has 5 heteroatoms. The summed E-state index contributed by atoms with van der Waals surface area (Å²) in [6.45, 7) is 0. The standard InChI is InChI=1S/C2HClFIO2/c3-2(4,5)1(6)7/h(H,6,7)/t2-/m1/s1. The van der Waals surface area contributed by atoms with Gasteiger partial charge in [0.2, 0.25) is 0 Å². The molecule has 0 aliphatic rings. The fraction of sp³-hybridized carbons (Fsp3) is 0.500. The molecule has 0 saturated carbocycles. The zero-order valence-corrected chi connectivity index (χ0v) is 5.90. The summed E-state index contributed by atoms with van der Waals surface area (Å²) in [5, 5.41) is 7.74. The van der Waals surface area contributed by atoms with E-state index in [1.165, 1.54) is 0 Å². The van der Waals surface area contributed by atoms with Crippen LogP contribution in [0.5, 0.6) is 0 Å². The fourth-order valence-electron chi connectivity index (χ4n) is 0. The van der Waals surface area contributed by atoms with Gasteiger partial charge in [0.05, 0.1) is 0 Å². The Hall–Kier alpha value is 0.420. The van der Waals surface area contributed by atoms with Gasteiger partial charge in [0, 0.05) is 0 Å². The molecule has 0 aromatic rings. The molecule has 0 aliphatic carbocycles. The van der Waals surface area contributed by atoms with Crippen LogP contribution in [0, 0.1) is 0 Å². The highest BCUT2D eigenvalue weighted by Gasteiger charge is 2.31. The smallest absolute Gasteiger partial charge is 0.367 e. The van der Waals surface area contributed by atoms with Crippen LogP contribution < -0.4 is 0 Å². The number of carboxylic acid groups (broad SMARTS) is 1. The van der Waals surface area contributed by atoms with Gasteiger partial charge in [0.1, 0.15) is 0 Å². The van der Waals surface area contributed by atoms with Crippen molar-refractivity contribution in [2.45, 2.75) is 3.13 Å². The van der Waals surface area contributed by atoms with Crippen LogP contribution in [0.1, 0.15) is 0 Å². The molecular formula is C2HClFIO2. The molecule has 0 aliphatic heterocycles. The molecule has 2 nitrogen and oxygen atoms in total. The number of carboxylic acids is 1. The Labute approximate surface area is 57.8 Å². The first kappa shape index (κ1) is 7.42. The molecule has 1 N–H and O–H groups in total. The summed E-state index contributed by atoms with van der Waals surface area (Å²) >= 11 is 5.55. The molecule has 42 valence electrons. The maximum absolute atomic E-state index is 11.7. The molecular weight excluding hydrogens is 237 g/mol. The largest absolute Gasteiger partial charge is 0.477 e. The number of alkyl halides is 3. The second-order valence-electron chi connectivity index (χ2n) is 0.803. The van der Waals surface area contributed by atoms with E-state index in [2.05, 4.69) is 11.6 Å². The number of hydrogen-bond donors (Lipinski definition) is 1. The number of carbonyl (C=O) groups is 1. The van der Waals surface area contributed by atoms with Crippen molar-refractivity contribution in [1.29, 1.82) is 0 Å². The van der Waals surface area contributed by atoms with Gasteiger partial charge in [-0.1, -0.05) is 11.6 Å². The molecule has 0 bridgehead atoms. The van der Waals surface area contributed by atoms with Crippen LogP contribution in [-0.4, -0.2) is 14.2 Å². The summed E-state index contributed by atoms with van der Waals surface area (Å²) in [4.78, 5) is 9.51. The maximum Gasteiger partial charge on any atom is 0.367 e. The van der Waals surface area contributed by atoms with Crippen LogP contribution in [0.3, 0.4) is 0 Å². The van der Waals surface area contributed by atoms with Crippen LogP contribution in [0.15, 0.2) is 0 Å². The lowest BCUT2D eigenvalue weighted by atomic mass is 10.8. The van der Waals surface area contributed by atoms with Gasteiger partial charge in [-0.25, -0.2) is 9.18 Å². The Kier molecular flexibility index (Phi) is 2.25. The lowest BCUT2D eigenvalue weighted by Crippen LogP contribution is -2.17. The Bertz CT molecular complexity index is 88.2. The van der Waals surface area contributed by atoms with Crippen molar-refractivity contribution in [1.82, 2.24) is 0 Å². The van der Waals surface area contributed by atoms with Gasteiger partial charge in [-0.2, -0.15) is 0 Å². The minimum Gasteiger partial charge on any atom is -0.477 e. The van der Waals surface area contributed by atoms with E-state index < -0.39 is 9.10 Å². The van der Waals surface area contributed by atoms with E-state index in [0.717, 1.165) is 22.6 Å². The van der Waals surface area contributed by atoms with E-state index in [1.54, 1.807) is 0 Å². The van der Waals surface area contributed by atoms with Crippen LogP contribution in [0.2, 0.25) is 0 Å². The van der Waals surface area contributed by atoms with Crippen LogP contribution in [-0.2, 0) is 4.79 Å². The lowest BCUT2D eigenvalue weighted by Gasteiger charge is -1.98. The monoisotopic (exact) mass is 238 g/mol. The molecule has 0 saturated heterocycles.